The van der Waals surface area contributed by atoms with Crippen molar-refractivity contribution in [3.05, 3.63) is 71.3 Å². The number of nitrogens with zero attached hydrogens (tertiary/aromatic N) is 5. The van der Waals surface area contributed by atoms with Gasteiger partial charge in [-0.25, -0.2) is 0 Å². The molecule has 2 saturated heterocycles. The molecule has 19 nitrogen and oxygen atoms in total. The molecule has 0 saturated carbocycles. The van der Waals surface area contributed by atoms with Gasteiger partial charge in [0.1, 0.15) is 42.3 Å². The van der Waals surface area contributed by atoms with E-state index in [4.69, 9.17) is 0 Å². The number of aliphatic hydroxyl groups is 1. The van der Waals surface area contributed by atoms with Gasteiger partial charge < -0.3 is 50.9 Å². The molecule has 9 atom stereocenters. The van der Waals surface area contributed by atoms with Gasteiger partial charge >= 0.3 is 0 Å². The second kappa shape index (κ2) is 24.3. The Labute approximate surface area is 405 Å². The zero-order chi connectivity index (χ0) is 50.7. The zero-order valence-electron chi connectivity index (χ0n) is 41.2. The summed E-state index contributed by atoms with van der Waals surface area (Å²) in [6.45, 7) is 7.33. The van der Waals surface area contributed by atoms with Gasteiger partial charge in [0.25, 0.3) is 0 Å². The molecule has 2 aromatic rings. The van der Waals surface area contributed by atoms with Crippen LogP contribution in [0.3, 0.4) is 0 Å². The van der Waals surface area contributed by atoms with Gasteiger partial charge in [-0.3, -0.25) is 43.2 Å². The first-order valence-electron chi connectivity index (χ1n) is 24.0. The van der Waals surface area contributed by atoms with Crippen molar-refractivity contribution >= 4 is 53.2 Å². The summed E-state index contributed by atoms with van der Waals surface area (Å²) in [4.78, 5) is 131. The molecule has 4 heterocycles. The van der Waals surface area contributed by atoms with Crippen molar-refractivity contribution in [2.24, 2.45) is 0 Å². The monoisotopic (exact) mass is 958 g/mol. The van der Waals surface area contributed by atoms with Crippen LogP contribution in [0.1, 0.15) is 95.2 Å². The van der Waals surface area contributed by atoms with Crippen LogP contribution in [0.25, 0.3) is 0 Å². The van der Waals surface area contributed by atoms with Crippen molar-refractivity contribution in [3.8, 4) is 0 Å². The van der Waals surface area contributed by atoms with Crippen LogP contribution in [0.15, 0.2) is 54.6 Å². The maximum absolute atomic E-state index is 14.7. The van der Waals surface area contributed by atoms with Gasteiger partial charge in [0.2, 0.25) is 53.2 Å². The van der Waals surface area contributed by atoms with E-state index in [1.807, 2.05) is 31.2 Å². The van der Waals surface area contributed by atoms with Crippen LogP contribution in [0.4, 0.5) is 0 Å². The molecule has 0 aromatic heterocycles. The van der Waals surface area contributed by atoms with Crippen LogP contribution >= 0.6 is 0 Å². The molecule has 69 heavy (non-hydrogen) atoms. The standard InChI is InChI=1S/C50H71N9O10/c1-30-26-37(49(68)59-25-15-18-39(59)44(63)53-38(29-42(62)51-5)48(67)58-23-13-10-14-24-58)52-45(64)40(28-35-19-21-36(30)22-20-35)57(8)50(69)43(32(3)60)54-46(65)41(27-34-16-11-9-12-17-34)56(7)47(66)31(2)55(6)33(4)61/h9,11-12,16-17,19-22,30-32,37-41,43,60H,10,13-15,18,23-29H2,1-8H3,(H,51,62)(H,52,64)(H,53,63)(H,54,65)/t30?,31-,32?,37?,38?,39?,40?,41?,43?/m0/s1. The van der Waals surface area contributed by atoms with E-state index >= 15 is 0 Å². The van der Waals surface area contributed by atoms with E-state index < -0.39 is 89.7 Å². The second-order valence-electron chi connectivity index (χ2n) is 18.8. The Balaban J connectivity index is 1.39. The summed E-state index contributed by atoms with van der Waals surface area (Å²) in [5, 5.41) is 22.0. The molecule has 2 fully saturated rings. The van der Waals surface area contributed by atoms with Crippen LogP contribution in [0.2, 0.25) is 0 Å². The molecule has 376 valence electrons. The van der Waals surface area contributed by atoms with Gasteiger partial charge in [0.05, 0.1) is 12.5 Å². The van der Waals surface area contributed by atoms with Crippen LogP contribution < -0.4 is 21.3 Å². The van der Waals surface area contributed by atoms with Crippen LogP contribution in [0.5, 0.6) is 0 Å². The first kappa shape index (κ1) is 53.6. The lowest BCUT2D eigenvalue weighted by Gasteiger charge is -2.36. The van der Waals surface area contributed by atoms with Crippen molar-refractivity contribution in [2.75, 3.05) is 47.8 Å². The zero-order valence-corrected chi connectivity index (χ0v) is 41.2. The molecule has 0 spiro atoms. The Bertz CT molecular complexity index is 2180. The summed E-state index contributed by atoms with van der Waals surface area (Å²) in [7, 11) is 5.73. The number of likely N-dealkylation sites (N-methyl/N-ethyl adjacent to an activating group) is 3. The molecule has 5 N–H and O–H groups in total. The summed E-state index contributed by atoms with van der Waals surface area (Å²) in [5.74, 6) is -5.30. The van der Waals surface area contributed by atoms with Gasteiger partial charge in [-0.15, -0.1) is 0 Å². The molecule has 2 aromatic carbocycles. The summed E-state index contributed by atoms with van der Waals surface area (Å²) in [6.07, 6.45) is 1.77. The number of hydrogen-bond acceptors (Lipinski definition) is 10. The quantitative estimate of drug-likeness (QED) is 0.156. The lowest BCUT2D eigenvalue weighted by Crippen LogP contribution is -2.62. The molecule has 19 heteroatoms. The third-order valence-corrected chi connectivity index (χ3v) is 14.0. The minimum absolute atomic E-state index is 0.00787. The number of piperidine rings is 1. The average molecular weight is 958 g/mol. The Morgan fingerprint density at radius 2 is 1.49 bits per heavy atom. The van der Waals surface area contributed by atoms with E-state index in [0.717, 1.165) is 29.7 Å². The fraction of sp³-hybridized carbons (Fsp3) is 0.580. The molecular weight excluding hydrogens is 887 g/mol. The number of fused-ring (bicyclic) bond motifs is 8. The fourth-order valence-electron chi connectivity index (χ4n) is 9.32. The van der Waals surface area contributed by atoms with E-state index in [1.54, 1.807) is 42.2 Å². The van der Waals surface area contributed by atoms with Crippen LogP contribution in [-0.2, 0) is 56.0 Å². The summed E-state index contributed by atoms with van der Waals surface area (Å²) < 4.78 is 0. The van der Waals surface area contributed by atoms with E-state index in [1.165, 1.54) is 56.7 Å². The molecule has 2 bridgehead atoms. The SMILES string of the molecule is CNC(=O)CC(NC(=O)C1CCCN1C(=O)C1CC(C)c2ccc(cc2)CC(N(C)C(=O)C(NC(=O)C(Cc2ccccc2)N(C)C(=O)[C@H](C)N(C)C(C)=O)C(C)O)C(=O)N1)C(=O)N1CCCCC1. The van der Waals surface area contributed by atoms with Gasteiger partial charge in [0, 0.05) is 67.6 Å². The molecule has 4 aliphatic rings. The van der Waals surface area contributed by atoms with Crippen molar-refractivity contribution in [3.63, 3.8) is 0 Å². The first-order chi connectivity index (χ1) is 32.7. The van der Waals surface area contributed by atoms with Gasteiger partial charge in [-0.2, -0.15) is 0 Å². The average Bonchev–Trinajstić information content (AvgIpc) is 3.84. The number of amides is 9. The highest BCUT2D eigenvalue weighted by molar-refractivity contribution is 5.98. The van der Waals surface area contributed by atoms with Crippen LogP contribution in [0, 0.1) is 0 Å². The lowest BCUT2D eigenvalue weighted by atomic mass is 9.92. The second-order valence-corrected chi connectivity index (χ2v) is 18.8. The third kappa shape index (κ3) is 13.5. The van der Waals surface area contributed by atoms with Crippen molar-refractivity contribution < 1.29 is 48.3 Å². The van der Waals surface area contributed by atoms with E-state index in [9.17, 15) is 48.3 Å². The number of aliphatic hydroxyl groups excluding tert-OH is 1. The van der Waals surface area contributed by atoms with Crippen molar-refractivity contribution in [1.29, 1.82) is 0 Å². The molecule has 0 aliphatic carbocycles. The molecular formula is C50H71N9O10. The van der Waals surface area contributed by atoms with E-state index in [0.29, 0.717) is 30.6 Å². The Hall–Kier alpha value is -6.37. The normalized spacial score (nSPS) is 21.5. The minimum Gasteiger partial charge on any atom is -0.391 e. The summed E-state index contributed by atoms with van der Waals surface area (Å²) >= 11 is 0. The number of rotatable bonds is 16. The maximum Gasteiger partial charge on any atom is 0.248 e. The topological polar surface area (TPSA) is 238 Å². The lowest BCUT2D eigenvalue weighted by molar-refractivity contribution is -0.148. The highest BCUT2D eigenvalue weighted by atomic mass is 16.3. The smallest absolute Gasteiger partial charge is 0.248 e. The molecule has 0 radical (unpaired) electrons. The van der Waals surface area contributed by atoms with Crippen LogP contribution in [-0.4, -0.2) is 179 Å². The summed E-state index contributed by atoms with van der Waals surface area (Å²) in [5.41, 5.74) is 2.29. The largest absolute Gasteiger partial charge is 0.391 e. The number of benzene rings is 2. The van der Waals surface area contributed by atoms with Gasteiger partial charge in [-0.1, -0.05) is 61.5 Å². The number of likely N-dealkylation sites (tertiary alicyclic amines) is 2. The number of carbonyl (C=O) groups is 9. The third-order valence-electron chi connectivity index (χ3n) is 14.0. The molecule has 8 unspecified atom stereocenters. The number of hydrogen-bond donors (Lipinski definition) is 5. The maximum atomic E-state index is 14.7. The highest BCUT2D eigenvalue weighted by Crippen LogP contribution is 2.27. The van der Waals surface area contributed by atoms with E-state index in [2.05, 4.69) is 21.3 Å². The molecule has 6 rings (SSSR count). The summed E-state index contributed by atoms with van der Waals surface area (Å²) in [6, 6.07) is 8.13. The Morgan fingerprint density at radius 1 is 0.841 bits per heavy atom. The first-order valence-corrected chi connectivity index (χ1v) is 24.0. The van der Waals surface area contributed by atoms with Gasteiger partial charge in [-0.05, 0) is 75.0 Å². The Kier molecular flexibility index (Phi) is 18.8. The number of nitrogens with one attached hydrogen (secondary N) is 4. The highest BCUT2D eigenvalue weighted by Gasteiger charge is 2.43. The Morgan fingerprint density at radius 3 is 2.10 bits per heavy atom. The fourth-order valence-corrected chi connectivity index (χ4v) is 9.32. The predicted octanol–water partition coefficient (Wildman–Crippen LogP) is 0.475. The minimum atomic E-state index is -1.59. The van der Waals surface area contributed by atoms with Gasteiger partial charge in [0.15, 0.2) is 0 Å². The van der Waals surface area contributed by atoms with Crippen molar-refractivity contribution in [2.45, 2.75) is 140 Å². The molecule has 9 amide bonds. The van der Waals surface area contributed by atoms with E-state index in [-0.39, 0.29) is 56.4 Å². The molecule has 4 aliphatic heterocycles. The van der Waals surface area contributed by atoms with Crippen molar-refractivity contribution in [1.82, 2.24) is 45.8 Å². The predicted molar refractivity (Wildman–Crippen MR) is 256 cm³/mol. The number of carbonyl (C=O) groups excluding carboxylic acids is 9.